The molecule has 1 rings (SSSR count). The van der Waals surface area contributed by atoms with Crippen LogP contribution >= 0.6 is 23.7 Å². The summed E-state index contributed by atoms with van der Waals surface area (Å²) in [6.45, 7) is 0.412. The number of rotatable bonds is 8. The lowest BCUT2D eigenvalue weighted by molar-refractivity contribution is -0.496. The summed E-state index contributed by atoms with van der Waals surface area (Å²) in [5, 5.41) is 21.3. The molecule has 1 aromatic rings. The molecule has 10 nitrogen and oxygen atoms in total. The predicted molar refractivity (Wildman–Crippen MR) is 79.7 cm³/mol. The van der Waals surface area contributed by atoms with Gasteiger partial charge in [-0.2, -0.15) is 5.01 Å². The number of anilines is 1. The van der Waals surface area contributed by atoms with Crippen LogP contribution < -0.4 is 11.1 Å². The van der Waals surface area contributed by atoms with Crippen LogP contribution in [0, 0.1) is 10.1 Å². The zero-order chi connectivity index (χ0) is 15.0. The lowest BCUT2D eigenvalue weighted by Crippen LogP contribution is -2.36. The number of nitro groups is 1. The van der Waals surface area contributed by atoms with Gasteiger partial charge in [0.2, 0.25) is 11.1 Å². The van der Waals surface area contributed by atoms with E-state index in [9.17, 15) is 14.9 Å². The first kappa shape index (κ1) is 19.1. The van der Waals surface area contributed by atoms with E-state index in [0.717, 1.165) is 0 Å². The summed E-state index contributed by atoms with van der Waals surface area (Å²) in [5.74, 6) is -0.311. The van der Waals surface area contributed by atoms with Crippen LogP contribution in [0.5, 0.6) is 0 Å². The average molecular weight is 338 g/mol. The standard InChI is InChI=1S/C9H15N7O3S.ClH/c1-15(13-14-16(18)19)5-2-3-7(10)8(17)12-9-11-4-6-20-9;/h4,6-7H,2-3,5,10H2,1H3,(H,11,12,17);1H/t7-;/m0./s1. The number of halogens is 1. The minimum atomic E-state index is -0.885. The van der Waals surface area contributed by atoms with E-state index in [0.29, 0.717) is 24.5 Å². The fourth-order valence-electron chi connectivity index (χ4n) is 1.30. The molecule has 0 aromatic carbocycles. The molecule has 0 saturated carbocycles. The van der Waals surface area contributed by atoms with E-state index in [1.54, 1.807) is 18.6 Å². The van der Waals surface area contributed by atoms with Gasteiger partial charge in [0.1, 0.15) is 0 Å². The smallest absolute Gasteiger partial charge is 0.243 e. The maximum absolute atomic E-state index is 11.7. The number of nitrogens with one attached hydrogen (secondary N) is 1. The fourth-order valence-corrected chi connectivity index (χ4v) is 1.83. The number of hydrogen-bond acceptors (Lipinski definition) is 7. The monoisotopic (exact) mass is 337 g/mol. The summed E-state index contributed by atoms with van der Waals surface area (Å²) in [6, 6.07) is -0.667. The van der Waals surface area contributed by atoms with Crippen LogP contribution in [0.4, 0.5) is 5.13 Å². The maximum atomic E-state index is 11.7. The zero-order valence-corrected chi connectivity index (χ0v) is 12.8. The van der Waals surface area contributed by atoms with Crippen LogP contribution in [-0.4, -0.2) is 40.6 Å². The summed E-state index contributed by atoms with van der Waals surface area (Å²) in [7, 11) is 1.55. The Hall–Kier alpha value is -1.85. The molecule has 0 fully saturated rings. The molecule has 0 aliphatic rings. The molecule has 0 bridgehead atoms. The van der Waals surface area contributed by atoms with Crippen LogP contribution in [0.1, 0.15) is 12.8 Å². The van der Waals surface area contributed by atoms with Crippen molar-refractivity contribution in [3.8, 4) is 0 Å². The van der Waals surface area contributed by atoms with E-state index < -0.39 is 11.1 Å². The Morgan fingerprint density at radius 1 is 1.71 bits per heavy atom. The first-order chi connectivity index (χ1) is 9.49. The van der Waals surface area contributed by atoms with Crippen LogP contribution in [0.15, 0.2) is 22.0 Å². The lowest BCUT2D eigenvalue weighted by Gasteiger charge is -2.11. The van der Waals surface area contributed by atoms with Crippen molar-refractivity contribution in [2.75, 3.05) is 18.9 Å². The minimum Gasteiger partial charge on any atom is -0.337 e. The number of nitrogens with two attached hydrogens (primary N) is 1. The third-order valence-electron chi connectivity index (χ3n) is 2.26. The highest BCUT2D eigenvalue weighted by molar-refractivity contribution is 7.13. The largest absolute Gasteiger partial charge is 0.337 e. The second-order valence-electron chi connectivity index (χ2n) is 3.87. The Labute approximate surface area is 130 Å². The number of carbonyl (C=O) groups is 1. The summed E-state index contributed by atoms with van der Waals surface area (Å²) in [6.07, 6.45) is 2.57. The molecule has 0 radical (unpaired) electrons. The predicted octanol–water partition coefficient (Wildman–Crippen LogP) is 1.10. The summed E-state index contributed by atoms with van der Waals surface area (Å²) >= 11 is 1.31. The van der Waals surface area contributed by atoms with Crippen molar-refractivity contribution < 1.29 is 9.83 Å². The Balaban J connectivity index is 0.00000400. The van der Waals surface area contributed by atoms with Crippen molar-refractivity contribution >= 4 is 34.8 Å². The summed E-state index contributed by atoms with van der Waals surface area (Å²) in [5.41, 5.74) is 5.73. The molecular formula is C9H16ClN7O3S. The third kappa shape index (κ3) is 8.12. The highest BCUT2D eigenvalue weighted by Gasteiger charge is 2.14. The first-order valence-electron chi connectivity index (χ1n) is 5.72. The SMILES string of the molecule is CN(CCC[C@H](N)C(=O)Nc1nccs1)N=N[N+](=O)[O-].Cl. The molecule has 1 atom stereocenters. The number of thiazole rings is 1. The lowest BCUT2D eigenvalue weighted by atomic mass is 10.1. The van der Waals surface area contributed by atoms with Gasteiger partial charge in [-0.1, -0.05) is 0 Å². The molecular weight excluding hydrogens is 322 g/mol. The molecule has 0 aliphatic carbocycles. The quantitative estimate of drug-likeness (QED) is 0.413. The molecule has 1 amide bonds. The highest BCUT2D eigenvalue weighted by Crippen LogP contribution is 2.11. The van der Waals surface area contributed by atoms with Gasteiger partial charge in [-0.3, -0.25) is 4.79 Å². The van der Waals surface area contributed by atoms with Crippen molar-refractivity contribution in [1.82, 2.24) is 9.99 Å². The molecule has 3 N–H and O–H groups in total. The summed E-state index contributed by atoms with van der Waals surface area (Å²) < 4.78 is 0. The molecule has 1 heterocycles. The van der Waals surface area contributed by atoms with Gasteiger partial charge in [-0.25, -0.2) is 4.98 Å². The number of hydrogen-bond donors (Lipinski definition) is 2. The number of carbonyl (C=O) groups excluding carboxylic acids is 1. The second kappa shape index (κ2) is 9.96. The normalized spacial score (nSPS) is 11.7. The molecule has 118 valence electrons. The molecule has 0 aliphatic heterocycles. The minimum absolute atomic E-state index is 0. The van der Waals surface area contributed by atoms with Gasteiger partial charge >= 0.3 is 0 Å². The van der Waals surface area contributed by atoms with Crippen molar-refractivity contribution in [2.24, 2.45) is 16.2 Å². The Bertz CT molecular complexity index is 470. The second-order valence-corrected chi connectivity index (χ2v) is 4.77. The van der Waals surface area contributed by atoms with Crippen molar-refractivity contribution in [3.05, 3.63) is 21.7 Å². The topological polar surface area (TPSA) is 139 Å². The average Bonchev–Trinajstić information content (AvgIpc) is 2.89. The van der Waals surface area contributed by atoms with Crippen LogP contribution in [0.2, 0.25) is 0 Å². The molecule has 1 aromatic heterocycles. The zero-order valence-electron chi connectivity index (χ0n) is 11.2. The van der Waals surface area contributed by atoms with E-state index in [1.807, 2.05) is 0 Å². The van der Waals surface area contributed by atoms with Crippen LogP contribution in [0.3, 0.4) is 0 Å². The van der Waals surface area contributed by atoms with Gasteiger partial charge in [-0.15, -0.1) is 23.7 Å². The fraction of sp³-hybridized carbons (Fsp3) is 0.556. The maximum Gasteiger partial charge on any atom is 0.243 e. The number of nitrogens with zero attached hydrogens (tertiary/aromatic N) is 5. The van der Waals surface area contributed by atoms with Crippen molar-refractivity contribution in [2.45, 2.75) is 18.9 Å². The Morgan fingerprint density at radius 2 is 2.43 bits per heavy atom. The van der Waals surface area contributed by atoms with E-state index in [2.05, 4.69) is 20.7 Å². The van der Waals surface area contributed by atoms with E-state index in [1.165, 1.54) is 16.3 Å². The van der Waals surface area contributed by atoms with Gasteiger partial charge in [0.15, 0.2) is 10.4 Å². The van der Waals surface area contributed by atoms with E-state index >= 15 is 0 Å². The van der Waals surface area contributed by atoms with Crippen LogP contribution in [0.25, 0.3) is 0 Å². The molecule has 12 heteroatoms. The van der Waals surface area contributed by atoms with Crippen LogP contribution in [-0.2, 0) is 4.79 Å². The Kier molecular flexibility index (Phi) is 9.08. The highest BCUT2D eigenvalue weighted by atomic mass is 35.5. The van der Waals surface area contributed by atoms with Gasteiger partial charge in [0, 0.05) is 18.6 Å². The van der Waals surface area contributed by atoms with E-state index in [4.69, 9.17) is 5.73 Å². The Morgan fingerprint density at radius 3 is 3.00 bits per heavy atom. The van der Waals surface area contributed by atoms with Gasteiger partial charge in [-0.05, 0) is 12.8 Å². The van der Waals surface area contributed by atoms with Gasteiger partial charge in [0.05, 0.1) is 17.6 Å². The molecule has 0 saturated heterocycles. The summed E-state index contributed by atoms with van der Waals surface area (Å²) in [4.78, 5) is 25.6. The van der Waals surface area contributed by atoms with Gasteiger partial charge < -0.3 is 21.2 Å². The third-order valence-corrected chi connectivity index (χ3v) is 2.95. The van der Waals surface area contributed by atoms with Crippen molar-refractivity contribution in [3.63, 3.8) is 0 Å². The number of amides is 1. The van der Waals surface area contributed by atoms with Crippen molar-refractivity contribution in [1.29, 1.82) is 0 Å². The molecule has 0 spiro atoms. The molecule has 21 heavy (non-hydrogen) atoms. The number of aromatic nitrogens is 1. The van der Waals surface area contributed by atoms with E-state index in [-0.39, 0.29) is 18.3 Å². The van der Waals surface area contributed by atoms with Gasteiger partial charge in [0.25, 0.3) is 0 Å². The molecule has 0 unspecified atom stereocenters. The first-order valence-corrected chi connectivity index (χ1v) is 6.60.